The van der Waals surface area contributed by atoms with Gasteiger partial charge in [0.1, 0.15) is 5.75 Å². The van der Waals surface area contributed by atoms with Crippen LogP contribution in [-0.2, 0) is 17.8 Å². The Hall–Kier alpha value is -3.10. The molecule has 3 rings (SSSR count). The van der Waals surface area contributed by atoms with E-state index in [0.29, 0.717) is 36.0 Å². The van der Waals surface area contributed by atoms with Gasteiger partial charge in [0.2, 0.25) is 11.9 Å². The Kier molecular flexibility index (Phi) is 6.83. The molecular weight excluding hydrogens is 380 g/mol. The van der Waals surface area contributed by atoms with Gasteiger partial charge in [-0.2, -0.15) is 15.0 Å². The molecule has 2 aromatic carbocycles. The number of halogens is 1. The number of aromatic nitrogens is 3. The van der Waals surface area contributed by atoms with Crippen molar-refractivity contribution in [2.75, 3.05) is 29.8 Å². The van der Waals surface area contributed by atoms with Gasteiger partial charge in [-0.3, -0.25) is 4.84 Å². The van der Waals surface area contributed by atoms with E-state index in [1.807, 2.05) is 36.4 Å². The van der Waals surface area contributed by atoms with Crippen molar-refractivity contribution in [3.8, 4) is 5.75 Å². The molecule has 0 bridgehead atoms. The third-order valence-electron chi connectivity index (χ3n) is 3.83. The Morgan fingerprint density at radius 2 is 1.46 bits per heavy atom. The molecule has 1 aromatic heterocycles. The summed E-state index contributed by atoms with van der Waals surface area (Å²) in [6, 6.07) is 14.6. The van der Waals surface area contributed by atoms with Gasteiger partial charge < -0.3 is 15.7 Å². The van der Waals surface area contributed by atoms with Gasteiger partial charge in [-0.15, -0.1) is 0 Å². The van der Waals surface area contributed by atoms with Crippen molar-refractivity contribution >= 4 is 29.4 Å². The van der Waals surface area contributed by atoms with Crippen molar-refractivity contribution in [3.63, 3.8) is 0 Å². The molecule has 8 nitrogen and oxygen atoms in total. The first-order chi connectivity index (χ1) is 13.6. The monoisotopic (exact) mass is 400 g/mol. The van der Waals surface area contributed by atoms with E-state index < -0.39 is 0 Å². The van der Waals surface area contributed by atoms with Crippen LogP contribution in [0.1, 0.15) is 11.1 Å². The van der Waals surface area contributed by atoms with Gasteiger partial charge in [0.05, 0.1) is 7.11 Å². The molecular formula is C19H21ClN6O2. The lowest BCUT2D eigenvalue weighted by molar-refractivity contribution is 0.267. The molecule has 0 aliphatic carbocycles. The Labute approximate surface area is 167 Å². The number of hydrogen-bond acceptors (Lipinski definition) is 8. The van der Waals surface area contributed by atoms with Gasteiger partial charge in [0, 0.05) is 18.1 Å². The highest BCUT2D eigenvalue weighted by Gasteiger charge is 2.07. The minimum atomic E-state index is 0.251. The van der Waals surface area contributed by atoms with Gasteiger partial charge >= 0.3 is 0 Å². The van der Waals surface area contributed by atoms with Crippen molar-refractivity contribution in [3.05, 3.63) is 64.7 Å². The van der Waals surface area contributed by atoms with Crippen LogP contribution in [-0.4, -0.2) is 33.7 Å². The molecule has 9 heteroatoms. The average Bonchev–Trinajstić information content (AvgIpc) is 2.69. The number of aromatic hydroxyl groups is 1. The molecule has 28 heavy (non-hydrogen) atoms. The molecule has 0 saturated carbocycles. The number of benzene rings is 2. The molecule has 0 fully saturated rings. The smallest absolute Gasteiger partial charge is 0.253 e. The highest BCUT2D eigenvalue weighted by molar-refractivity contribution is 6.30. The molecule has 0 saturated heterocycles. The first-order valence-electron chi connectivity index (χ1n) is 8.67. The molecule has 0 spiro atoms. The Bertz CT molecular complexity index is 890. The van der Waals surface area contributed by atoms with E-state index in [0.717, 1.165) is 17.5 Å². The minimum Gasteiger partial charge on any atom is -0.508 e. The molecule has 0 amide bonds. The lowest BCUT2D eigenvalue weighted by Crippen LogP contribution is -2.13. The first-order valence-corrected chi connectivity index (χ1v) is 9.05. The highest BCUT2D eigenvalue weighted by Crippen LogP contribution is 2.14. The summed E-state index contributed by atoms with van der Waals surface area (Å²) in [4.78, 5) is 17.8. The summed E-state index contributed by atoms with van der Waals surface area (Å²) in [6.07, 6.45) is 0.756. The first kappa shape index (κ1) is 19.7. The number of phenols is 1. The number of hydrogen-bond donors (Lipinski definition) is 4. The zero-order valence-electron chi connectivity index (χ0n) is 15.3. The van der Waals surface area contributed by atoms with E-state index in [4.69, 9.17) is 16.4 Å². The Morgan fingerprint density at radius 3 is 2.14 bits per heavy atom. The lowest BCUT2D eigenvalue weighted by atomic mass is 10.1. The predicted octanol–water partition coefficient (Wildman–Crippen LogP) is 3.47. The van der Waals surface area contributed by atoms with Gasteiger partial charge in [-0.25, -0.2) is 5.48 Å². The van der Waals surface area contributed by atoms with E-state index in [1.165, 1.54) is 7.11 Å². The third-order valence-corrected chi connectivity index (χ3v) is 4.08. The summed E-state index contributed by atoms with van der Waals surface area (Å²) in [7, 11) is 1.49. The molecule has 0 aliphatic heterocycles. The van der Waals surface area contributed by atoms with Crippen molar-refractivity contribution < 1.29 is 9.94 Å². The summed E-state index contributed by atoms with van der Waals surface area (Å²) in [5.41, 5.74) is 4.76. The maximum Gasteiger partial charge on any atom is 0.253 e. The zero-order chi connectivity index (χ0) is 19.8. The van der Waals surface area contributed by atoms with Crippen LogP contribution in [0.5, 0.6) is 5.75 Å². The van der Waals surface area contributed by atoms with E-state index in [1.54, 1.807) is 12.1 Å². The van der Waals surface area contributed by atoms with Crippen LogP contribution in [0.4, 0.5) is 17.8 Å². The van der Waals surface area contributed by atoms with Crippen molar-refractivity contribution in [2.24, 2.45) is 0 Å². The summed E-state index contributed by atoms with van der Waals surface area (Å²) in [6.45, 7) is 1.17. The lowest BCUT2D eigenvalue weighted by Gasteiger charge is -2.11. The van der Waals surface area contributed by atoms with Crippen LogP contribution >= 0.6 is 11.6 Å². The fourth-order valence-electron chi connectivity index (χ4n) is 2.44. The molecule has 0 radical (unpaired) electrons. The standard InChI is InChI=1S/C19H21ClN6O2/c1-28-26-19-24-17(21-11-10-13-4-8-16(27)9-5-13)23-18(25-19)22-12-14-2-6-15(20)7-3-14/h2-9,27H,10-12H2,1H3,(H3,21,22,23,24,25,26). The second kappa shape index (κ2) is 9.72. The van der Waals surface area contributed by atoms with Crippen LogP contribution in [0, 0.1) is 0 Å². The van der Waals surface area contributed by atoms with E-state index in [-0.39, 0.29) is 5.75 Å². The summed E-state index contributed by atoms with van der Waals surface area (Å²) >= 11 is 5.91. The Balaban J connectivity index is 1.62. The SMILES string of the molecule is CONc1nc(NCCc2ccc(O)cc2)nc(NCc2ccc(Cl)cc2)n1. The summed E-state index contributed by atoms with van der Waals surface area (Å²) < 4.78 is 0. The number of rotatable bonds is 9. The number of nitrogens with one attached hydrogen (secondary N) is 3. The van der Waals surface area contributed by atoms with Crippen LogP contribution in [0.25, 0.3) is 0 Å². The topological polar surface area (TPSA) is 104 Å². The quantitative estimate of drug-likeness (QED) is 0.405. The van der Waals surface area contributed by atoms with E-state index in [2.05, 4.69) is 31.1 Å². The fourth-order valence-corrected chi connectivity index (χ4v) is 2.56. The zero-order valence-corrected chi connectivity index (χ0v) is 16.1. The number of nitrogens with zero attached hydrogens (tertiary/aromatic N) is 3. The van der Waals surface area contributed by atoms with Gasteiger partial charge in [-0.1, -0.05) is 35.9 Å². The highest BCUT2D eigenvalue weighted by atomic mass is 35.5. The fraction of sp³-hybridized carbons (Fsp3) is 0.211. The van der Waals surface area contributed by atoms with Crippen LogP contribution in [0.15, 0.2) is 48.5 Å². The van der Waals surface area contributed by atoms with Gasteiger partial charge in [0.15, 0.2) is 0 Å². The second-order valence-electron chi connectivity index (χ2n) is 5.94. The van der Waals surface area contributed by atoms with Crippen LogP contribution in [0.2, 0.25) is 5.02 Å². The third kappa shape index (κ3) is 5.97. The number of phenolic OH excluding ortho intramolecular Hbond substituents is 1. The number of anilines is 3. The predicted molar refractivity (Wildman–Crippen MR) is 110 cm³/mol. The minimum absolute atomic E-state index is 0.251. The van der Waals surface area contributed by atoms with Crippen molar-refractivity contribution in [1.82, 2.24) is 15.0 Å². The van der Waals surface area contributed by atoms with Crippen molar-refractivity contribution in [1.29, 1.82) is 0 Å². The molecule has 0 atom stereocenters. The average molecular weight is 401 g/mol. The molecule has 3 aromatic rings. The summed E-state index contributed by atoms with van der Waals surface area (Å²) in [5.74, 6) is 1.38. The summed E-state index contributed by atoms with van der Waals surface area (Å²) in [5, 5.41) is 16.4. The van der Waals surface area contributed by atoms with E-state index in [9.17, 15) is 5.11 Å². The normalized spacial score (nSPS) is 10.5. The maximum absolute atomic E-state index is 9.34. The van der Waals surface area contributed by atoms with E-state index >= 15 is 0 Å². The Morgan fingerprint density at radius 1 is 0.857 bits per heavy atom. The van der Waals surface area contributed by atoms with Gasteiger partial charge in [-0.05, 0) is 41.8 Å². The molecule has 1 heterocycles. The molecule has 0 unspecified atom stereocenters. The van der Waals surface area contributed by atoms with Crippen LogP contribution in [0.3, 0.4) is 0 Å². The maximum atomic E-state index is 9.34. The second-order valence-corrected chi connectivity index (χ2v) is 6.37. The van der Waals surface area contributed by atoms with Crippen LogP contribution < -0.4 is 16.1 Å². The molecule has 146 valence electrons. The van der Waals surface area contributed by atoms with Crippen molar-refractivity contribution in [2.45, 2.75) is 13.0 Å². The van der Waals surface area contributed by atoms with Gasteiger partial charge in [0.25, 0.3) is 5.95 Å². The largest absolute Gasteiger partial charge is 0.508 e. The molecule has 4 N–H and O–H groups in total. The molecule has 0 aliphatic rings.